The summed E-state index contributed by atoms with van der Waals surface area (Å²) < 4.78 is 11.2. The van der Waals surface area contributed by atoms with E-state index in [2.05, 4.69) is 5.32 Å². The minimum absolute atomic E-state index is 0.0502. The van der Waals surface area contributed by atoms with Crippen molar-refractivity contribution in [2.45, 2.75) is 32.6 Å². The molecule has 7 heteroatoms. The predicted octanol–water partition coefficient (Wildman–Crippen LogP) is 3.04. The average molecular weight is 360 g/mol. The van der Waals surface area contributed by atoms with E-state index < -0.39 is 10.5 Å². The number of hydrogen-bond acceptors (Lipinski definition) is 6. The van der Waals surface area contributed by atoms with E-state index >= 15 is 0 Å². The lowest BCUT2D eigenvalue weighted by Crippen LogP contribution is -2.34. The second-order valence-corrected chi connectivity index (χ2v) is 6.61. The summed E-state index contributed by atoms with van der Waals surface area (Å²) in [5, 5.41) is 23.6. The molecule has 0 atom stereocenters. The number of aliphatic hydroxyl groups is 1. The van der Waals surface area contributed by atoms with Crippen LogP contribution in [0, 0.1) is 10.1 Å². The molecular formula is C19H24N2O5. The summed E-state index contributed by atoms with van der Waals surface area (Å²) in [7, 11) is 1.57. The van der Waals surface area contributed by atoms with Crippen LogP contribution in [-0.4, -0.2) is 29.3 Å². The Kier molecular flexibility index (Phi) is 6.54. The summed E-state index contributed by atoms with van der Waals surface area (Å²) in [6, 6.07) is 11.9. The van der Waals surface area contributed by atoms with Crippen molar-refractivity contribution in [1.82, 2.24) is 5.32 Å². The molecule has 0 aliphatic rings. The lowest BCUT2D eigenvalue weighted by molar-refractivity contribution is -0.384. The average Bonchev–Trinajstić information content (AvgIpc) is 2.59. The van der Waals surface area contributed by atoms with Gasteiger partial charge in [0.2, 0.25) is 0 Å². The highest BCUT2D eigenvalue weighted by molar-refractivity contribution is 5.43. The molecule has 0 bridgehead atoms. The lowest BCUT2D eigenvalue weighted by atomic mass is 10.1. The first-order valence-corrected chi connectivity index (χ1v) is 8.24. The van der Waals surface area contributed by atoms with E-state index in [9.17, 15) is 15.2 Å². The molecule has 0 aliphatic carbocycles. The maximum atomic E-state index is 10.7. The van der Waals surface area contributed by atoms with Crippen LogP contribution in [-0.2, 0) is 13.2 Å². The Hall–Kier alpha value is -2.64. The van der Waals surface area contributed by atoms with Crippen LogP contribution in [0.3, 0.4) is 0 Å². The zero-order chi connectivity index (χ0) is 19.2. The molecule has 2 rings (SSSR count). The molecule has 7 nitrogen and oxygen atoms in total. The van der Waals surface area contributed by atoms with Gasteiger partial charge in [0.1, 0.15) is 6.61 Å². The van der Waals surface area contributed by atoms with Gasteiger partial charge in [-0.15, -0.1) is 0 Å². The summed E-state index contributed by atoms with van der Waals surface area (Å²) in [6.07, 6.45) is 0. The van der Waals surface area contributed by atoms with Crippen molar-refractivity contribution >= 4 is 5.69 Å². The van der Waals surface area contributed by atoms with Gasteiger partial charge in [0.05, 0.1) is 17.6 Å². The van der Waals surface area contributed by atoms with E-state index in [1.54, 1.807) is 33.1 Å². The van der Waals surface area contributed by atoms with Gasteiger partial charge in [0.15, 0.2) is 11.5 Å². The smallest absolute Gasteiger partial charge is 0.269 e. The van der Waals surface area contributed by atoms with Crippen LogP contribution < -0.4 is 14.8 Å². The summed E-state index contributed by atoms with van der Waals surface area (Å²) in [5.41, 5.74) is 1.12. The molecule has 140 valence electrons. The van der Waals surface area contributed by atoms with Crippen molar-refractivity contribution < 1.29 is 19.5 Å². The maximum Gasteiger partial charge on any atom is 0.269 e. The largest absolute Gasteiger partial charge is 0.493 e. The molecule has 0 fully saturated rings. The fourth-order valence-electron chi connectivity index (χ4n) is 2.33. The molecule has 0 aliphatic heterocycles. The van der Waals surface area contributed by atoms with Crippen molar-refractivity contribution in [2.24, 2.45) is 0 Å². The lowest BCUT2D eigenvalue weighted by Gasteiger charge is -2.18. The second kappa shape index (κ2) is 8.64. The SMILES string of the molecule is COc1cc(CNCC(C)(C)O)ccc1OCc1ccc([N+](=O)[O-])cc1. The number of nitrogens with zero attached hydrogens (tertiary/aromatic N) is 1. The van der Waals surface area contributed by atoms with Crippen molar-refractivity contribution in [2.75, 3.05) is 13.7 Å². The standard InChI is InChI=1S/C19H24N2O5/c1-19(2,22)13-20-11-15-6-9-17(18(10-15)25-3)26-12-14-4-7-16(8-5-14)21(23)24/h4-10,20,22H,11-13H2,1-3H3. The molecule has 0 saturated heterocycles. The first-order valence-electron chi connectivity index (χ1n) is 8.24. The van der Waals surface area contributed by atoms with Crippen molar-refractivity contribution in [3.8, 4) is 11.5 Å². The number of methoxy groups -OCH3 is 1. The fourth-order valence-corrected chi connectivity index (χ4v) is 2.33. The molecule has 0 aromatic heterocycles. The van der Waals surface area contributed by atoms with Gasteiger partial charge >= 0.3 is 0 Å². The van der Waals surface area contributed by atoms with Crippen molar-refractivity contribution in [3.63, 3.8) is 0 Å². The second-order valence-electron chi connectivity index (χ2n) is 6.61. The molecule has 2 N–H and O–H groups in total. The third kappa shape index (κ3) is 6.02. The van der Waals surface area contributed by atoms with Crippen LogP contribution >= 0.6 is 0 Å². The van der Waals surface area contributed by atoms with E-state index in [0.29, 0.717) is 24.6 Å². The first kappa shape index (κ1) is 19.7. The third-order valence-corrected chi connectivity index (χ3v) is 3.66. The van der Waals surface area contributed by atoms with Gasteiger partial charge in [-0.25, -0.2) is 0 Å². The summed E-state index contributed by atoms with van der Waals surface area (Å²) >= 11 is 0. The summed E-state index contributed by atoms with van der Waals surface area (Å²) in [4.78, 5) is 10.2. The van der Waals surface area contributed by atoms with E-state index in [1.807, 2.05) is 18.2 Å². The van der Waals surface area contributed by atoms with E-state index in [0.717, 1.165) is 11.1 Å². The minimum atomic E-state index is -0.766. The Labute approximate surface area is 152 Å². The number of benzene rings is 2. The quantitative estimate of drug-likeness (QED) is 0.527. The highest BCUT2D eigenvalue weighted by atomic mass is 16.6. The third-order valence-electron chi connectivity index (χ3n) is 3.66. The molecule has 2 aromatic rings. The Morgan fingerprint density at radius 3 is 2.35 bits per heavy atom. The molecule has 26 heavy (non-hydrogen) atoms. The molecule has 0 spiro atoms. The van der Waals surface area contributed by atoms with Crippen LogP contribution in [0.4, 0.5) is 5.69 Å². The molecule has 2 aromatic carbocycles. The molecule has 0 heterocycles. The predicted molar refractivity (Wildman–Crippen MR) is 98.4 cm³/mol. The van der Waals surface area contributed by atoms with Gasteiger partial charge in [-0.3, -0.25) is 10.1 Å². The van der Waals surface area contributed by atoms with Crippen LogP contribution in [0.25, 0.3) is 0 Å². The van der Waals surface area contributed by atoms with Crippen molar-refractivity contribution in [1.29, 1.82) is 0 Å². The van der Waals surface area contributed by atoms with Gasteiger partial charge in [-0.1, -0.05) is 6.07 Å². The molecule has 0 unspecified atom stereocenters. The Morgan fingerprint density at radius 1 is 1.12 bits per heavy atom. The zero-order valence-electron chi connectivity index (χ0n) is 15.2. The molecule has 0 saturated carbocycles. The highest BCUT2D eigenvalue weighted by Crippen LogP contribution is 2.29. The van der Waals surface area contributed by atoms with Gasteiger partial charge in [0, 0.05) is 25.2 Å². The molecular weight excluding hydrogens is 336 g/mol. The number of hydrogen-bond donors (Lipinski definition) is 2. The first-order chi connectivity index (χ1) is 12.3. The van der Waals surface area contributed by atoms with E-state index in [1.165, 1.54) is 12.1 Å². The number of ether oxygens (including phenoxy) is 2. The molecule has 0 radical (unpaired) electrons. The van der Waals surface area contributed by atoms with Gasteiger partial charge in [-0.05, 0) is 49.2 Å². The number of nitrogens with one attached hydrogen (secondary N) is 1. The van der Waals surface area contributed by atoms with Crippen LogP contribution in [0.2, 0.25) is 0 Å². The number of nitro benzene ring substituents is 1. The van der Waals surface area contributed by atoms with Crippen LogP contribution in [0.1, 0.15) is 25.0 Å². The van der Waals surface area contributed by atoms with Crippen molar-refractivity contribution in [3.05, 3.63) is 63.7 Å². The number of rotatable bonds is 9. The Balaban J connectivity index is 1.97. The van der Waals surface area contributed by atoms with Crippen LogP contribution in [0.5, 0.6) is 11.5 Å². The highest BCUT2D eigenvalue weighted by Gasteiger charge is 2.12. The number of nitro groups is 1. The normalized spacial score (nSPS) is 11.2. The molecule has 0 amide bonds. The summed E-state index contributed by atoms with van der Waals surface area (Å²) in [6.45, 7) is 4.85. The Bertz CT molecular complexity index is 739. The maximum absolute atomic E-state index is 10.7. The van der Waals surface area contributed by atoms with Crippen LogP contribution in [0.15, 0.2) is 42.5 Å². The Morgan fingerprint density at radius 2 is 1.77 bits per heavy atom. The van der Waals surface area contributed by atoms with E-state index in [4.69, 9.17) is 9.47 Å². The summed E-state index contributed by atoms with van der Waals surface area (Å²) in [5.74, 6) is 1.20. The topological polar surface area (TPSA) is 93.9 Å². The van der Waals surface area contributed by atoms with Gasteiger partial charge < -0.3 is 19.9 Å². The number of non-ortho nitro benzene ring substituents is 1. The minimum Gasteiger partial charge on any atom is -0.493 e. The van der Waals surface area contributed by atoms with Gasteiger partial charge in [-0.2, -0.15) is 0 Å². The monoisotopic (exact) mass is 360 g/mol. The fraction of sp³-hybridized carbons (Fsp3) is 0.368. The zero-order valence-corrected chi connectivity index (χ0v) is 15.2. The van der Waals surface area contributed by atoms with Gasteiger partial charge in [0.25, 0.3) is 5.69 Å². The van der Waals surface area contributed by atoms with E-state index in [-0.39, 0.29) is 12.3 Å².